The molecule has 0 radical (unpaired) electrons. The molecule has 1 nitrogen and oxygen atoms in total. The molecule has 10 heavy (non-hydrogen) atoms. The molecule has 1 unspecified atom stereocenters. The number of nitrogens with two attached hydrogens (primary N) is 1. The summed E-state index contributed by atoms with van der Waals surface area (Å²) in [6, 6.07) is 0. The van der Waals surface area contributed by atoms with Crippen LogP contribution in [-0.2, 0) is 0 Å². The Morgan fingerprint density at radius 1 is 1.30 bits per heavy atom. The van der Waals surface area contributed by atoms with Crippen molar-refractivity contribution in [3.8, 4) is 0 Å². The van der Waals surface area contributed by atoms with E-state index in [0.717, 1.165) is 5.25 Å². The van der Waals surface area contributed by atoms with Gasteiger partial charge < -0.3 is 5.73 Å². The molecule has 1 aliphatic heterocycles. The third-order valence-corrected chi connectivity index (χ3v) is 4.49. The van der Waals surface area contributed by atoms with Gasteiger partial charge in [0.05, 0.1) is 0 Å². The molecule has 2 fully saturated rings. The van der Waals surface area contributed by atoms with Crippen molar-refractivity contribution < 1.29 is 0 Å². The highest BCUT2D eigenvalue weighted by atomic mass is 32.2. The Bertz CT molecular complexity index is 125. The van der Waals surface area contributed by atoms with E-state index in [-0.39, 0.29) is 5.54 Å². The quantitative estimate of drug-likeness (QED) is 0.627. The number of hydrogen-bond donors (Lipinski definition) is 1. The smallest absolute Gasteiger partial charge is 0.0274 e. The third-order valence-electron chi connectivity index (χ3n) is 2.86. The minimum atomic E-state index is 0.265. The minimum absolute atomic E-state index is 0.265. The Kier molecular flexibility index (Phi) is 1.69. The highest BCUT2D eigenvalue weighted by molar-refractivity contribution is 8.00. The lowest BCUT2D eigenvalue weighted by Crippen LogP contribution is -2.53. The van der Waals surface area contributed by atoms with Crippen molar-refractivity contribution >= 4 is 11.8 Å². The zero-order valence-electron chi connectivity index (χ0n) is 6.31. The zero-order valence-corrected chi connectivity index (χ0v) is 7.12. The Morgan fingerprint density at radius 3 is 2.50 bits per heavy atom. The van der Waals surface area contributed by atoms with Gasteiger partial charge in [0.15, 0.2) is 0 Å². The molecule has 0 aromatic rings. The van der Waals surface area contributed by atoms with Crippen LogP contribution in [0.1, 0.15) is 32.1 Å². The number of thioether (sulfide) groups is 1. The van der Waals surface area contributed by atoms with Gasteiger partial charge in [0, 0.05) is 10.8 Å². The normalized spacial score (nSPS) is 37.5. The minimum Gasteiger partial charge on any atom is -0.324 e. The molecule has 2 N–H and O–H groups in total. The van der Waals surface area contributed by atoms with Crippen LogP contribution in [0.25, 0.3) is 0 Å². The summed E-state index contributed by atoms with van der Waals surface area (Å²) in [6.07, 6.45) is 6.71. The van der Waals surface area contributed by atoms with Gasteiger partial charge >= 0.3 is 0 Å². The highest BCUT2D eigenvalue weighted by Crippen LogP contribution is 2.43. The second-order valence-electron chi connectivity index (χ2n) is 3.59. The van der Waals surface area contributed by atoms with E-state index in [4.69, 9.17) is 5.73 Å². The van der Waals surface area contributed by atoms with E-state index in [2.05, 4.69) is 11.8 Å². The van der Waals surface area contributed by atoms with Crippen LogP contribution in [0.3, 0.4) is 0 Å². The molecule has 1 saturated heterocycles. The second-order valence-corrected chi connectivity index (χ2v) is 4.90. The standard InChI is InChI=1S/C8H15NS/c9-8(4-2-5-8)7-3-1-6-10-7/h7H,1-6,9H2. The summed E-state index contributed by atoms with van der Waals surface area (Å²) in [6.45, 7) is 0. The first-order valence-electron chi connectivity index (χ1n) is 4.22. The molecule has 0 bridgehead atoms. The van der Waals surface area contributed by atoms with Crippen LogP contribution in [0.15, 0.2) is 0 Å². The molecular formula is C8H15NS. The second kappa shape index (κ2) is 2.42. The van der Waals surface area contributed by atoms with E-state index in [1.165, 1.54) is 37.9 Å². The maximum absolute atomic E-state index is 6.19. The van der Waals surface area contributed by atoms with Gasteiger partial charge in [0.1, 0.15) is 0 Å². The molecule has 2 rings (SSSR count). The average Bonchev–Trinajstić information content (AvgIpc) is 2.33. The van der Waals surface area contributed by atoms with E-state index in [1.54, 1.807) is 0 Å². The summed E-state index contributed by atoms with van der Waals surface area (Å²) in [5, 5.41) is 0.807. The molecule has 1 atom stereocenters. The lowest BCUT2D eigenvalue weighted by molar-refractivity contribution is 0.238. The van der Waals surface area contributed by atoms with Crippen LogP contribution in [0.4, 0.5) is 0 Å². The van der Waals surface area contributed by atoms with Gasteiger partial charge in [0.25, 0.3) is 0 Å². The molecule has 0 spiro atoms. The first kappa shape index (κ1) is 6.99. The van der Waals surface area contributed by atoms with Crippen LogP contribution in [0, 0.1) is 0 Å². The SMILES string of the molecule is NC1(C2CCCS2)CCC1. The van der Waals surface area contributed by atoms with Crippen LogP contribution in [0.2, 0.25) is 0 Å². The molecule has 2 heteroatoms. The molecule has 2 aliphatic rings. The summed E-state index contributed by atoms with van der Waals surface area (Å²) in [5.41, 5.74) is 6.45. The Balaban J connectivity index is 1.96. The fourth-order valence-electron chi connectivity index (χ4n) is 1.94. The van der Waals surface area contributed by atoms with Gasteiger partial charge in [-0.05, 0) is 37.9 Å². The van der Waals surface area contributed by atoms with Gasteiger partial charge in [-0.2, -0.15) is 11.8 Å². The molecule has 0 aromatic heterocycles. The molecule has 0 amide bonds. The fourth-order valence-corrected chi connectivity index (χ4v) is 3.46. The first-order chi connectivity index (χ1) is 4.81. The molecule has 58 valence electrons. The monoisotopic (exact) mass is 157 g/mol. The molecular weight excluding hydrogens is 142 g/mol. The maximum atomic E-state index is 6.19. The van der Waals surface area contributed by atoms with Crippen LogP contribution in [0.5, 0.6) is 0 Å². The van der Waals surface area contributed by atoms with E-state index in [1.807, 2.05) is 0 Å². The van der Waals surface area contributed by atoms with Gasteiger partial charge in [-0.25, -0.2) is 0 Å². The number of hydrogen-bond acceptors (Lipinski definition) is 2. The van der Waals surface area contributed by atoms with E-state index >= 15 is 0 Å². The van der Waals surface area contributed by atoms with E-state index in [9.17, 15) is 0 Å². The van der Waals surface area contributed by atoms with Gasteiger partial charge in [-0.3, -0.25) is 0 Å². The van der Waals surface area contributed by atoms with E-state index in [0.29, 0.717) is 0 Å². The van der Waals surface area contributed by atoms with Gasteiger partial charge in [-0.1, -0.05) is 0 Å². The largest absolute Gasteiger partial charge is 0.324 e. The summed E-state index contributed by atoms with van der Waals surface area (Å²) in [4.78, 5) is 0. The summed E-state index contributed by atoms with van der Waals surface area (Å²) in [5.74, 6) is 1.35. The highest BCUT2D eigenvalue weighted by Gasteiger charge is 2.41. The molecule has 0 aromatic carbocycles. The topological polar surface area (TPSA) is 26.0 Å². The fraction of sp³-hybridized carbons (Fsp3) is 1.00. The summed E-state index contributed by atoms with van der Waals surface area (Å²) in [7, 11) is 0. The van der Waals surface area contributed by atoms with Crippen molar-refractivity contribution in [3.63, 3.8) is 0 Å². The third kappa shape index (κ3) is 0.978. The van der Waals surface area contributed by atoms with Crippen molar-refractivity contribution in [2.24, 2.45) is 5.73 Å². The van der Waals surface area contributed by atoms with E-state index < -0.39 is 0 Å². The molecule has 1 heterocycles. The zero-order chi connectivity index (χ0) is 7.03. The van der Waals surface area contributed by atoms with Crippen LogP contribution >= 0.6 is 11.8 Å². The summed E-state index contributed by atoms with van der Waals surface area (Å²) < 4.78 is 0. The first-order valence-corrected chi connectivity index (χ1v) is 5.27. The van der Waals surface area contributed by atoms with Crippen molar-refractivity contribution in [1.29, 1.82) is 0 Å². The maximum Gasteiger partial charge on any atom is 0.0274 e. The molecule has 1 aliphatic carbocycles. The van der Waals surface area contributed by atoms with Gasteiger partial charge in [0.2, 0.25) is 0 Å². The van der Waals surface area contributed by atoms with Crippen molar-refractivity contribution in [3.05, 3.63) is 0 Å². The lowest BCUT2D eigenvalue weighted by Gasteiger charge is -2.42. The van der Waals surface area contributed by atoms with Crippen molar-refractivity contribution in [2.45, 2.75) is 42.9 Å². The summed E-state index contributed by atoms with van der Waals surface area (Å²) >= 11 is 2.10. The predicted molar refractivity (Wildman–Crippen MR) is 46.2 cm³/mol. The Labute approximate surface area is 66.7 Å². The van der Waals surface area contributed by atoms with Crippen molar-refractivity contribution in [1.82, 2.24) is 0 Å². The van der Waals surface area contributed by atoms with Gasteiger partial charge in [-0.15, -0.1) is 0 Å². The average molecular weight is 157 g/mol. The lowest BCUT2D eigenvalue weighted by atomic mass is 9.74. The number of rotatable bonds is 1. The Morgan fingerprint density at radius 2 is 2.10 bits per heavy atom. The molecule has 1 saturated carbocycles. The van der Waals surface area contributed by atoms with Crippen LogP contribution < -0.4 is 5.73 Å². The Hall–Kier alpha value is 0.310. The van der Waals surface area contributed by atoms with Crippen molar-refractivity contribution in [2.75, 3.05) is 5.75 Å². The predicted octanol–water partition coefficient (Wildman–Crippen LogP) is 1.76. The van der Waals surface area contributed by atoms with Crippen LogP contribution in [-0.4, -0.2) is 16.5 Å².